The van der Waals surface area contributed by atoms with E-state index in [1.807, 2.05) is 0 Å². The Morgan fingerprint density at radius 1 is 0.618 bits per heavy atom. The predicted octanol–water partition coefficient (Wildman–Crippen LogP) is 9.34. The van der Waals surface area contributed by atoms with Crippen molar-refractivity contribution in [3.8, 4) is 0 Å². The maximum atomic E-state index is 6.06. The summed E-state index contributed by atoms with van der Waals surface area (Å²) in [6.07, 6.45) is 14.9. The molecule has 2 aromatic rings. The van der Waals surface area contributed by atoms with Gasteiger partial charge in [0.2, 0.25) is 0 Å². The van der Waals surface area contributed by atoms with E-state index in [0.29, 0.717) is 6.10 Å². The van der Waals surface area contributed by atoms with E-state index >= 15 is 0 Å². The van der Waals surface area contributed by atoms with Gasteiger partial charge in [-0.3, -0.25) is 0 Å². The zero-order valence-corrected chi connectivity index (χ0v) is 23.1. The quantitative estimate of drug-likeness (QED) is 0.355. The van der Waals surface area contributed by atoms with Gasteiger partial charge in [0.25, 0.3) is 0 Å². The molecule has 3 atom stereocenters. The van der Waals surface area contributed by atoms with Crippen molar-refractivity contribution in [2.75, 3.05) is 13.2 Å². The maximum Gasteiger partial charge on any atom is 0.122 e. The Labute approximate surface area is 221 Å². The highest BCUT2D eigenvalue weighted by Gasteiger charge is 2.32. The van der Waals surface area contributed by atoms with E-state index in [0.717, 1.165) is 51.6 Å². The second kappa shape index (κ2) is 11.8. The molecule has 2 aliphatic heterocycles. The van der Waals surface area contributed by atoms with Crippen LogP contribution in [0.5, 0.6) is 0 Å². The van der Waals surface area contributed by atoms with Crippen molar-refractivity contribution in [3.05, 3.63) is 74.7 Å². The van der Waals surface area contributed by atoms with Gasteiger partial charge in [-0.2, -0.15) is 0 Å². The second-order valence-corrected chi connectivity index (χ2v) is 12.3. The molecule has 2 heterocycles. The first-order valence-corrected chi connectivity index (χ1v) is 14.7. The van der Waals surface area contributed by atoms with E-state index in [1.54, 1.807) is 0 Å². The van der Waals surface area contributed by atoms with Crippen molar-refractivity contribution < 1.29 is 9.47 Å². The Morgan fingerprint density at radius 2 is 1.24 bits per heavy atom. The summed E-state index contributed by atoms with van der Waals surface area (Å²) >= 11 is 6.93. The SMILES string of the molecule is Brc1ccc(C2=CCC(C3CCC3)CO2)cc1.Brc1ccc(C2CCC(C3CCC3)CO2)cc1. The van der Waals surface area contributed by atoms with Crippen LogP contribution in [0.2, 0.25) is 0 Å². The van der Waals surface area contributed by atoms with Gasteiger partial charge in [0.05, 0.1) is 19.3 Å². The molecule has 3 unspecified atom stereocenters. The van der Waals surface area contributed by atoms with E-state index in [1.165, 1.54) is 68.9 Å². The highest BCUT2D eigenvalue weighted by Crippen LogP contribution is 2.41. The average Bonchev–Trinajstić information content (AvgIpc) is 2.80. The van der Waals surface area contributed by atoms with Crippen molar-refractivity contribution in [2.45, 2.75) is 63.9 Å². The molecule has 0 amide bonds. The molecule has 2 aromatic carbocycles. The van der Waals surface area contributed by atoms with E-state index in [9.17, 15) is 0 Å². The molecule has 1 saturated heterocycles. The van der Waals surface area contributed by atoms with Crippen LogP contribution < -0.4 is 0 Å². The smallest absolute Gasteiger partial charge is 0.122 e. The molecule has 0 aromatic heterocycles. The highest BCUT2D eigenvalue weighted by atomic mass is 79.9. The summed E-state index contributed by atoms with van der Waals surface area (Å²) in [6.45, 7) is 1.89. The van der Waals surface area contributed by atoms with Crippen LogP contribution in [0.3, 0.4) is 0 Å². The van der Waals surface area contributed by atoms with Gasteiger partial charge in [0.15, 0.2) is 0 Å². The summed E-state index contributed by atoms with van der Waals surface area (Å²) in [7, 11) is 0. The molecule has 0 N–H and O–H groups in total. The molecule has 34 heavy (non-hydrogen) atoms. The Balaban J connectivity index is 0.000000142. The van der Waals surface area contributed by atoms with Crippen LogP contribution in [0.25, 0.3) is 5.76 Å². The topological polar surface area (TPSA) is 18.5 Å². The number of halogens is 2. The number of rotatable bonds is 4. The van der Waals surface area contributed by atoms with Gasteiger partial charge in [-0.1, -0.05) is 94.7 Å². The van der Waals surface area contributed by atoms with Crippen LogP contribution in [0.4, 0.5) is 0 Å². The van der Waals surface area contributed by atoms with Crippen LogP contribution in [0, 0.1) is 23.7 Å². The summed E-state index contributed by atoms with van der Waals surface area (Å²) in [5, 5.41) is 0. The standard InChI is InChI=1S/C15H19BrO.C15H17BrO/c2*16-14-7-4-12(5-8-14)15-9-6-13(10-17-15)11-2-1-3-11/h4-5,7-8,11,13,15H,1-3,6,9-10H2;4-5,7-9,11,13H,1-3,6,10H2. The average molecular weight is 588 g/mol. The van der Waals surface area contributed by atoms with E-state index in [-0.39, 0.29) is 0 Å². The lowest BCUT2D eigenvalue weighted by molar-refractivity contribution is -0.0449. The lowest BCUT2D eigenvalue weighted by Crippen LogP contribution is -2.30. The van der Waals surface area contributed by atoms with Crippen LogP contribution in [-0.4, -0.2) is 13.2 Å². The van der Waals surface area contributed by atoms with Crippen molar-refractivity contribution in [2.24, 2.45) is 23.7 Å². The number of benzene rings is 2. The number of ether oxygens (including phenoxy) is 2. The van der Waals surface area contributed by atoms with E-state index < -0.39 is 0 Å². The fraction of sp³-hybridized carbons (Fsp3) is 0.533. The number of allylic oxidation sites excluding steroid dienone is 1. The Hall–Kier alpha value is -1.10. The third kappa shape index (κ3) is 6.17. The number of hydrogen-bond donors (Lipinski definition) is 0. The molecule has 2 aliphatic carbocycles. The van der Waals surface area contributed by atoms with Crippen molar-refractivity contribution in [1.29, 1.82) is 0 Å². The van der Waals surface area contributed by atoms with Gasteiger partial charge >= 0.3 is 0 Å². The third-order valence-corrected chi connectivity index (χ3v) is 9.43. The molecule has 0 radical (unpaired) electrons. The predicted molar refractivity (Wildman–Crippen MR) is 146 cm³/mol. The fourth-order valence-corrected chi connectivity index (χ4v) is 6.16. The summed E-state index contributed by atoms with van der Waals surface area (Å²) in [4.78, 5) is 0. The second-order valence-electron chi connectivity index (χ2n) is 10.5. The van der Waals surface area contributed by atoms with Gasteiger partial charge in [0.1, 0.15) is 5.76 Å². The van der Waals surface area contributed by atoms with Crippen LogP contribution in [0.15, 0.2) is 63.6 Å². The van der Waals surface area contributed by atoms with Crippen LogP contribution in [0.1, 0.15) is 75.0 Å². The molecular weight excluding hydrogens is 552 g/mol. The molecule has 4 heteroatoms. The minimum absolute atomic E-state index is 0.333. The van der Waals surface area contributed by atoms with Gasteiger partial charge in [-0.05, 0) is 78.8 Å². The normalized spacial score (nSPS) is 27.4. The van der Waals surface area contributed by atoms with Crippen LogP contribution in [-0.2, 0) is 9.47 Å². The molecule has 3 fully saturated rings. The Bertz CT molecular complexity index is 937. The van der Waals surface area contributed by atoms with Crippen LogP contribution >= 0.6 is 31.9 Å². The lowest BCUT2D eigenvalue weighted by atomic mass is 9.73. The lowest BCUT2D eigenvalue weighted by Gasteiger charge is -2.38. The van der Waals surface area contributed by atoms with Gasteiger partial charge in [0, 0.05) is 14.5 Å². The Kier molecular flexibility index (Phi) is 8.50. The van der Waals surface area contributed by atoms with E-state index in [4.69, 9.17) is 9.47 Å². The molecule has 0 spiro atoms. The minimum atomic E-state index is 0.333. The first kappa shape index (κ1) is 24.6. The number of hydrogen-bond acceptors (Lipinski definition) is 2. The summed E-state index contributed by atoms with van der Waals surface area (Å²) in [5.74, 6) is 4.57. The molecule has 4 aliphatic rings. The molecule has 2 nitrogen and oxygen atoms in total. The molecule has 0 bridgehead atoms. The Morgan fingerprint density at radius 3 is 1.74 bits per heavy atom. The third-order valence-electron chi connectivity index (χ3n) is 8.37. The first-order chi connectivity index (χ1) is 16.7. The highest BCUT2D eigenvalue weighted by molar-refractivity contribution is 9.10. The summed E-state index contributed by atoms with van der Waals surface area (Å²) in [6, 6.07) is 16.9. The zero-order valence-electron chi connectivity index (χ0n) is 19.9. The zero-order chi connectivity index (χ0) is 23.3. The largest absolute Gasteiger partial charge is 0.493 e. The van der Waals surface area contributed by atoms with Gasteiger partial charge < -0.3 is 9.47 Å². The fourth-order valence-electron chi connectivity index (χ4n) is 5.63. The summed E-state index contributed by atoms with van der Waals surface area (Å²) < 4.78 is 14.2. The van der Waals surface area contributed by atoms with Gasteiger partial charge in [-0.25, -0.2) is 0 Å². The van der Waals surface area contributed by atoms with E-state index in [2.05, 4.69) is 86.5 Å². The molecule has 2 saturated carbocycles. The van der Waals surface area contributed by atoms with Crippen molar-refractivity contribution in [3.63, 3.8) is 0 Å². The molecule has 6 rings (SSSR count). The monoisotopic (exact) mass is 586 g/mol. The van der Waals surface area contributed by atoms with Crippen molar-refractivity contribution in [1.82, 2.24) is 0 Å². The molecule has 182 valence electrons. The minimum Gasteiger partial charge on any atom is -0.493 e. The first-order valence-electron chi connectivity index (χ1n) is 13.1. The molecular formula is C30H36Br2O2. The van der Waals surface area contributed by atoms with Gasteiger partial charge in [-0.15, -0.1) is 0 Å². The van der Waals surface area contributed by atoms with Crippen molar-refractivity contribution >= 4 is 37.6 Å². The maximum absolute atomic E-state index is 6.06. The summed E-state index contributed by atoms with van der Waals surface area (Å²) in [5.41, 5.74) is 2.53.